The van der Waals surface area contributed by atoms with Crippen LogP contribution in [-0.4, -0.2) is 179 Å². The van der Waals surface area contributed by atoms with Gasteiger partial charge in [-0.15, -0.1) is 11.3 Å². The molecule has 1 saturated carbocycles. The number of anilines is 8. The molecular formula is C78H91N29O4S4. The number of fused-ring (bicyclic) bond motifs is 3. The topological polar surface area (TPSA) is 362 Å². The first-order valence-corrected chi connectivity index (χ1v) is 42.0. The number of thiazole rings is 1. The number of hydrogen-bond donors (Lipinski definition) is 7. The maximum Gasteiger partial charge on any atom is 0.247 e. The molecule has 1 aliphatic carbocycles. The van der Waals surface area contributed by atoms with E-state index in [0.29, 0.717) is 45.5 Å². The molecule has 18 rings (SSSR count). The van der Waals surface area contributed by atoms with Gasteiger partial charge in [-0.25, -0.2) is 34.9 Å². The van der Waals surface area contributed by atoms with Crippen molar-refractivity contribution in [1.82, 2.24) is 116 Å². The number of likely N-dealkylation sites (tertiary alicyclic amines) is 3. The number of carbonyl (C=O) groups excluding carboxylic acids is 3. The third-order valence-electron chi connectivity index (χ3n) is 20.4. The lowest BCUT2D eigenvalue weighted by Gasteiger charge is -2.30. The smallest absolute Gasteiger partial charge is 0.247 e. The number of amides is 3. The summed E-state index contributed by atoms with van der Waals surface area (Å²) in [4.78, 5) is 80.5. The van der Waals surface area contributed by atoms with Crippen molar-refractivity contribution in [3.63, 3.8) is 0 Å². The van der Waals surface area contributed by atoms with E-state index in [-0.39, 0.29) is 43.1 Å². The molecule has 3 amide bonds. The summed E-state index contributed by atoms with van der Waals surface area (Å²) in [7, 11) is 0. The lowest BCUT2D eigenvalue weighted by Crippen LogP contribution is -2.33. The first-order chi connectivity index (χ1) is 55.9. The van der Waals surface area contributed by atoms with E-state index in [1.54, 1.807) is 52.7 Å². The molecule has 3 saturated heterocycles. The van der Waals surface area contributed by atoms with Crippen LogP contribution in [-0.2, 0) is 53.7 Å². The van der Waals surface area contributed by atoms with Gasteiger partial charge in [0.25, 0.3) is 0 Å². The molecule has 14 aromatic rings. The summed E-state index contributed by atoms with van der Waals surface area (Å²) >= 11 is 5.70. The van der Waals surface area contributed by atoms with Gasteiger partial charge in [-0.05, 0) is 174 Å². The number of pyridine rings is 1. The van der Waals surface area contributed by atoms with Gasteiger partial charge < -0.3 is 37.0 Å². The van der Waals surface area contributed by atoms with E-state index in [4.69, 9.17) is 15.0 Å². The third kappa shape index (κ3) is 19.7. The molecule has 17 heterocycles. The van der Waals surface area contributed by atoms with Crippen LogP contribution in [0.1, 0.15) is 106 Å². The van der Waals surface area contributed by atoms with Crippen LogP contribution in [0.25, 0.3) is 50.7 Å². The molecule has 7 N–H and O–H groups in total. The zero-order valence-corrected chi connectivity index (χ0v) is 68.1. The third-order valence-corrected chi connectivity index (χ3v) is 23.3. The summed E-state index contributed by atoms with van der Waals surface area (Å²) < 4.78 is 24.8. The minimum atomic E-state index is -0.320. The van der Waals surface area contributed by atoms with E-state index < -0.39 is 0 Å². The lowest BCUT2D eigenvalue weighted by atomic mass is 10.0. The molecule has 0 bridgehead atoms. The van der Waals surface area contributed by atoms with Crippen molar-refractivity contribution in [1.29, 1.82) is 0 Å². The summed E-state index contributed by atoms with van der Waals surface area (Å²) in [5.41, 5.74) is 13.3. The van der Waals surface area contributed by atoms with Gasteiger partial charge in [0.1, 0.15) is 34.6 Å². The van der Waals surface area contributed by atoms with Crippen molar-refractivity contribution in [3.05, 3.63) is 157 Å². The molecular weight excluding hydrogens is 1540 g/mol. The average molecular weight is 1630 g/mol. The Balaban J connectivity index is 0.000000130. The number of nitrogens with one attached hydrogen (secondary N) is 6. The van der Waals surface area contributed by atoms with Crippen molar-refractivity contribution < 1.29 is 19.5 Å². The maximum atomic E-state index is 12.5. The standard InChI is InChI=1S/C27H30N10O2S.C26H33N9OS.C25H28N10OS2/c1-17-4-3-7-35(12-17)15-20-8-25(40-34-20)33-26-27-29-10-22(37(27)13-18(2)31-26)19-9-30-36(14-19)16-24(39)32-21-5-6-28-11-23(21)38;1-17-4-3-7-33(12-17)15-21-8-24(37-32-21)31-25-26-28-11-22(35(26)13-18(2)30-25)20-10-29-34(14-20)16-23(36)27-9-19-5-6-19;1-16-4-3-6-33(11-16)14-19-8-22(38-32-19)31-23-24-27-10-20(35(24)12-17(2)29-23)18-9-28-34(13-18)15-21(36)30-25-26-5-7-37-25/h5-6,8-11,13-14,17,38H,3-4,7,12,15-16H2,1-2H3,(H,31,33)(H,28,32,39);8,10-11,13-14,17,19H,3-7,9,12,15-16H2,1-2H3,(H,27,36)(H,30,31);5,7-10,12-13,16H,3-4,6,11,14-15H2,1-2H3,(H,29,31)(H,26,30,36). The molecule has 14 aromatic heterocycles. The molecule has 37 heteroatoms. The number of piperidine rings is 3. The van der Waals surface area contributed by atoms with Crippen LogP contribution in [0.15, 0.2) is 123 Å². The van der Waals surface area contributed by atoms with Gasteiger partial charge in [0, 0.05) is 117 Å². The summed E-state index contributed by atoms with van der Waals surface area (Å²) in [6.45, 7) is 23.3. The first-order valence-electron chi connectivity index (χ1n) is 38.8. The number of rotatable bonds is 25. The highest BCUT2D eigenvalue weighted by molar-refractivity contribution is 7.13. The summed E-state index contributed by atoms with van der Waals surface area (Å²) in [6, 6.07) is 7.85. The second-order valence-corrected chi connectivity index (χ2v) is 33.7. The number of carbonyl (C=O) groups is 3. The normalized spacial score (nSPS) is 16.8. The number of aryl methyl sites for hydroxylation is 3. The maximum absolute atomic E-state index is 12.5. The van der Waals surface area contributed by atoms with Crippen LogP contribution >= 0.6 is 45.9 Å². The molecule has 3 unspecified atom stereocenters. The minimum absolute atomic E-state index is 0.00931. The van der Waals surface area contributed by atoms with Gasteiger partial charge in [0.2, 0.25) is 17.7 Å². The lowest BCUT2D eigenvalue weighted by molar-refractivity contribution is -0.122. The molecule has 0 spiro atoms. The molecule has 33 nitrogen and oxygen atoms in total. The van der Waals surface area contributed by atoms with Gasteiger partial charge in [-0.3, -0.25) is 61.3 Å². The zero-order valence-electron chi connectivity index (χ0n) is 64.8. The van der Waals surface area contributed by atoms with E-state index in [0.717, 1.165) is 172 Å². The highest BCUT2D eigenvalue weighted by atomic mass is 32.1. The van der Waals surface area contributed by atoms with Crippen molar-refractivity contribution in [2.24, 2.45) is 23.7 Å². The van der Waals surface area contributed by atoms with Crippen LogP contribution in [0.3, 0.4) is 0 Å². The quantitative estimate of drug-likeness (QED) is 0.0279. The molecule has 3 atom stereocenters. The second-order valence-electron chi connectivity index (χ2n) is 30.4. The molecule has 4 aliphatic rings. The molecule has 4 fully saturated rings. The molecule has 0 aromatic carbocycles. The molecule has 3 aliphatic heterocycles. The largest absolute Gasteiger partial charge is 0.504 e. The summed E-state index contributed by atoms with van der Waals surface area (Å²) in [5.74, 6) is 4.29. The van der Waals surface area contributed by atoms with Crippen LogP contribution in [0.5, 0.6) is 5.75 Å². The van der Waals surface area contributed by atoms with Gasteiger partial charge in [0.15, 0.2) is 45.3 Å². The van der Waals surface area contributed by atoms with E-state index in [2.05, 4.69) is 139 Å². The number of nitrogens with zero attached hydrogens (tertiary/aromatic N) is 23. The summed E-state index contributed by atoms with van der Waals surface area (Å²) in [6.07, 6.45) is 36.5. The van der Waals surface area contributed by atoms with E-state index >= 15 is 0 Å². The number of hydrogen-bond acceptors (Lipinski definition) is 28. The Bertz CT molecular complexity index is 5710. The van der Waals surface area contributed by atoms with Gasteiger partial charge in [-0.1, -0.05) is 20.8 Å². The van der Waals surface area contributed by atoms with E-state index in [9.17, 15) is 19.5 Å². The monoisotopic (exact) mass is 1630 g/mol. The van der Waals surface area contributed by atoms with Crippen LogP contribution < -0.4 is 31.9 Å². The van der Waals surface area contributed by atoms with Crippen molar-refractivity contribution >= 4 is 124 Å². The van der Waals surface area contributed by atoms with Crippen molar-refractivity contribution in [2.45, 2.75) is 132 Å². The molecule has 596 valence electrons. The van der Waals surface area contributed by atoms with Gasteiger partial charge in [-0.2, -0.15) is 28.4 Å². The Morgan fingerprint density at radius 1 is 0.487 bits per heavy atom. The highest BCUT2D eigenvalue weighted by Crippen LogP contribution is 2.35. The Morgan fingerprint density at radius 2 is 0.896 bits per heavy atom. The summed E-state index contributed by atoms with van der Waals surface area (Å²) in [5, 5.41) is 46.9. The fraction of sp³-hybridized carbons (Fsp3) is 0.397. The predicted octanol–water partition coefficient (Wildman–Crippen LogP) is 12.4. The van der Waals surface area contributed by atoms with E-state index in [1.165, 1.54) is 120 Å². The number of imidazole rings is 3. The predicted molar refractivity (Wildman–Crippen MR) is 445 cm³/mol. The molecule has 0 radical (unpaired) electrons. The van der Waals surface area contributed by atoms with Crippen LogP contribution in [0, 0.1) is 44.4 Å². The number of aromatic nitrogens is 20. The number of aromatic hydroxyl groups is 1. The van der Waals surface area contributed by atoms with Crippen molar-refractivity contribution in [3.8, 4) is 39.5 Å². The van der Waals surface area contributed by atoms with Gasteiger partial charge >= 0.3 is 0 Å². The van der Waals surface area contributed by atoms with E-state index in [1.807, 2.05) is 76.5 Å². The van der Waals surface area contributed by atoms with Crippen LogP contribution in [0.4, 0.5) is 43.3 Å². The SMILES string of the molecule is Cc1cn2c(-c3cnn(CC(=O)NCC4CC4)c3)cnc2c(Nc2cc(CN3CCCC(C)C3)ns2)n1.Cc1cn2c(-c3cnn(CC(=O)Nc4ccncc4O)c3)cnc2c(Nc2cc(CN3CCCC(C)C3)ns2)n1.Cc1cn2c(-c3cnn(CC(=O)Nc4nccs4)c3)cnc2c(Nc2cc(CN3CCCC(C)C3)ns2)n1. The fourth-order valence-corrected chi connectivity index (χ4v) is 17.3. The van der Waals surface area contributed by atoms with Crippen LogP contribution in [0.2, 0.25) is 0 Å². The minimum Gasteiger partial charge on any atom is -0.504 e. The zero-order chi connectivity index (χ0) is 79.1. The highest BCUT2D eigenvalue weighted by Gasteiger charge is 2.26. The fourth-order valence-electron chi connectivity index (χ4n) is 14.8. The first kappa shape index (κ1) is 77.6. The Labute approximate surface area is 679 Å². The second kappa shape index (κ2) is 35.2. The Morgan fingerprint density at radius 3 is 1.28 bits per heavy atom. The Hall–Kier alpha value is -11.4. The van der Waals surface area contributed by atoms with Crippen molar-refractivity contribution in [2.75, 3.05) is 72.4 Å². The molecule has 115 heavy (non-hydrogen) atoms. The Kier molecular flexibility index (Phi) is 23.7. The van der Waals surface area contributed by atoms with Gasteiger partial charge in [0.05, 0.1) is 100 Å². The average Bonchev–Trinajstić information content (AvgIpc) is 1.64.